The van der Waals surface area contributed by atoms with Crippen molar-refractivity contribution >= 4 is 5.78 Å². The number of nitrogens with zero attached hydrogens (tertiary/aromatic N) is 1. The zero-order valence-electron chi connectivity index (χ0n) is 10.3. The fraction of sp³-hybridized carbons (Fsp3) is 0.917. The van der Waals surface area contributed by atoms with Gasteiger partial charge in [0, 0.05) is 32.0 Å². The Bertz CT molecular complexity index is 208. The Morgan fingerprint density at radius 3 is 2.40 bits per heavy atom. The molecule has 1 heterocycles. The number of carbonyl (C=O) groups is 1. The van der Waals surface area contributed by atoms with E-state index in [4.69, 9.17) is 4.74 Å². The standard InChI is InChI=1S/C12H23NO2/c1-5-12(14)9(2)6-13-7-10(3)15-11(4)8-13/h9-11H,5-8H2,1-4H3/t9?,10-,11+. The van der Waals surface area contributed by atoms with Crippen molar-refractivity contribution in [2.75, 3.05) is 19.6 Å². The van der Waals surface area contributed by atoms with E-state index in [2.05, 4.69) is 18.7 Å². The summed E-state index contributed by atoms with van der Waals surface area (Å²) in [6.07, 6.45) is 1.23. The maximum Gasteiger partial charge on any atom is 0.136 e. The van der Waals surface area contributed by atoms with Crippen LogP contribution in [0.1, 0.15) is 34.1 Å². The number of rotatable bonds is 4. The molecule has 1 unspecified atom stereocenters. The molecule has 1 saturated heterocycles. The van der Waals surface area contributed by atoms with Crippen LogP contribution < -0.4 is 0 Å². The van der Waals surface area contributed by atoms with Crippen LogP contribution in [0.25, 0.3) is 0 Å². The summed E-state index contributed by atoms with van der Waals surface area (Å²) in [5, 5.41) is 0. The second-order valence-electron chi connectivity index (χ2n) is 4.70. The first-order valence-corrected chi connectivity index (χ1v) is 5.93. The molecule has 1 rings (SSSR count). The molecule has 0 N–H and O–H groups in total. The minimum absolute atomic E-state index is 0.160. The summed E-state index contributed by atoms with van der Waals surface area (Å²) in [7, 11) is 0. The molecule has 0 spiro atoms. The first-order valence-electron chi connectivity index (χ1n) is 5.93. The van der Waals surface area contributed by atoms with Crippen molar-refractivity contribution in [1.29, 1.82) is 0 Å². The van der Waals surface area contributed by atoms with Crippen molar-refractivity contribution in [3.8, 4) is 0 Å². The summed E-state index contributed by atoms with van der Waals surface area (Å²) in [6, 6.07) is 0. The molecule has 0 bridgehead atoms. The smallest absolute Gasteiger partial charge is 0.136 e. The molecule has 1 aliphatic rings. The molecular weight excluding hydrogens is 190 g/mol. The van der Waals surface area contributed by atoms with Gasteiger partial charge in [0.25, 0.3) is 0 Å². The zero-order chi connectivity index (χ0) is 11.4. The lowest BCUT2D eigenvalue weighted by Gasteiger charge is -2.36. The quantitative estimate of drug-likeness (QED) is 0.712. The van der Waals surface area contributed by atoms with Crippen molar-refractivity contribution in [2.24, 2.45) is 5.92 Å². The van der Waals surface area contributed by atoms with Gasteiger partial charge in [-0.25, -0.2) is 0 Å². The summed E-state index contributed by atoms with van der Waals surface area (Å²) >= 11 is 0. The Morgan fingerprint density at radius 2 is 1.93 bits per heavy atom. The van der Waals surface area contributed by atoms with Gasteiger partial charge in [-0.1, -0.05) is 13.8 Å². The predicted molar refractivity (Wildman–Crippen MR) is 60.9 cm³/mol. The minimum atomic E-state index is 0.160. The molecule has 15 heavy (non-hydrogen) atoms. The van der Waals surface area contributed by atoms with Crippen molar-refractivity contribution in [3.05, 3.63) is 0 Å². The first kappa shape index (κ1) is 12.7. The lowest BCUT2D eigenvalue weighted by Crippen LogP contribution is -2.47. The Kier molecular flexibility index (Phi) is 4.74. The summed E-state index contributed by atoms with van der Waals surface area (Å²) in [4.78, 5) is 13.8. The second-order valence-corrected chi connectivity index (χ2v) is 4.70. The van der Waals surface area contributed by atoms with Crippen LogP contribution in [0.4, 0.5) is 0 Å². The van der Waals surface area contributed by atoms with Crippen LogP contribution in [0.3, 0.4) is 0 Å². The van der Waals surface area contributed by atoms with Crippen molar-refractivity contribution in [2.45, 2.75) is 46.3 Å². The number of hydrogen-bond donors (Lipinski definition) is 0. The third-order valence-electron chi connectivity index (χ3n) is 2.93. The van der Waals surface area contributed by atoms with Gasteiger partial charge in [0.05, 0.1) is 12.2 Å². The predicted octanol–water partition coefficient (Wildman–Crippen LogP) is 1.71. The molecular formula is C12H23NO2. The number of ketones is 1. The van der Waals surface area contributed by atoms with Crippen LogP contribution in [0.15, 0.2) is 0 Å². The molecule has 0 amide bonds. The van der Waals surface area contributed by atoms with Gasteiger partial charge in [-0.2, -0.15) is 0 Å². The SMILES string of the molecule is CCC(=O)C(C)CN1C[C@@H](C)O[C@@H](C)C1. The topological polar surface area (TPSA) is 29.5 Å². The Labute approximate surface area is 92.8 Å². The Hall–Kier alpha value is -0.410. The average molecular weight is 213 g/mol. The Morgan fingerprint density at radius 1 is 1.40 bits per heavy atom. The van der Waals surface area contributed by atoms with E-state index in [1.807, 2.05) is 13.8 Å². The van der Waals surface area contributed by atoms with E-state index in [9.17, 15) is 4.79 Å². The fourth-order valence-electron chi connectivity index (χ4n) is 2.27. The van der Waals surface area contributed by atoms with Crippen LogP contribution in [0, 0.1) is 5.92 Å². The van der Waals surface area contributed by atoms with Crippen LogP contribution in [0.2, 0.25) is 0 Å². The van der Waals surface area contributed by atoms with Gasteiger partial charge in [0.2, 0.25) is 0 Å². The molecule has 0 saturated carbocycles. The number of morpholine rings is 1. The van der Waals surface area contributed by atoms with E-state index in [-0.39, 0.29) is 18.1 Å². The van der Waals surface area contributed by atoms with Crippen molar-refractivity contribution in [1.82, 2.24) is 4.90 Å². The monoisotopic (exact) mass is 213 g/mol. The van der Waals surface area contributed by atoms with Crippen LogP contribution in [0.5, 0.6) is 0 Å². The molecule has 88 valence electrons. The number of ether oxygens (including phenoxy) is 1. The molecule has 0 radical (unpaired) electrons. The van der Waals surface area contributed by atoms with Crippen molar-refractivity contribution in [3.63, 3.8) is 0 Å². The summed E-state index contributed by atoms with van der Waals surface area (Å²) in [5.41, 5.74) is 0. The highest BCUT2D eigenvalue weighted by Crippen LogP contribution is 2.13. The van der Waals surface area contributed by atoms with E-state index in [0.717, 1.165) is 19.6 Å². The maximum atomic E-state index is 11.5. The van der Waals surface area contributed by atoms with Gasteiger partial charge in [-0.05, 0) is 13.8 Å². The number of carbonyl (C=O) groups excluding carboxylic acids is 1. The summed E-state index contributed by atoms with van der Waals surface area (Å²) < 4.78 is 5.66. The fourth-order valence-corrected chi connectivity index (χ4v) is 2.27. The molecule has 0 aromatic heterocycles. The number of hydrogen-bond acceptors (Lipinski definition) is 3. The van der Waals surface area contributed by atoms with Crippen LogP contribution in [-0.4, -0.2) is 42.5 Å². The minimum Gasteiger partial charge on any atom is -0.373 e. The van der Waals surface area contributed by atoms with Gasteiger partial charge in [-0.3, -0.25) is 9.69 Å². The van der Waals surface area contributed by atoms with E-state index < -0.39 is 0 Å². The first-order chi connectivity index (χ1) is 7.02. The molecule has 0 aromatic rings. The maximum absolute atomic E-state index is 11.5. The van der Waals surface area contributed by atoms with Gasteiger partial charge >= 0.3 is 0 Å². The highest BCUT2D eigenvalue weighted by Gasteiger charge is 2.24. The van der Waals surface area contributed by atoms with Gasteiger partial charge in [-0.15, -0.1) is 0 Å². The molecule has 0 aliphatic carbocycles. The molecule has 1 aliphatic heterocycles. The van der Waals surface area contributed by atoms with E-state index in [1.165, 1.54) is 0 Å². The summed E-state index contributed by atoms with van der Waals surface area (Å²) in [5.74, 6) is 0.522. The second kappa shape index (κ2) is 5.61. The molecule has 1 fully saturated rings. The molecule has 3 heteroatoms. The third-order valence-corrected chi connectivity index (χ3v) is 2.93. The van der Waals surface area contributed by atoms with Gasteiger partial charge < -0.3 is 4.74 Å². The lowest BCUT2D eigenvalue weighted by atomic mass is 10.0. The number of Topliss-reactive ketones (excluding diaryl/α,β-unsaturated/α-hetero) is 1. The van der Waals surface area contributed by atoms with Gasteiger partial charge in [0.1, 0.15) is 5.78 Å². The van der Waals surface area contributed by atoms with Crippen LogP contribution in [-0.2, 0) is 9.53 Å². The summed E-state index contributed by atoms with van der Waals surface area (Å²) in [6.45, 7) is 10.9. The molecule has 3 atom stereocenters. The zero-order valence-corrected chi connectivity index (χ0v) is 10.3. The van der Waals surface area contributed by atoms with E-state index in [1.54, 1.807) is 0 Å². The van der Waals surface area contributed by atoms with Crippen LogP contribution >= 0.6 is 0 Å². The van der Waals surface area contributed by atoms with E-state index in [0.29, 0.717) is 12.2 Å². The van der Waals surface area contributed by atoms with Crippen molar-refractivity contribution < 1.29 is 9.53 Å². The highest BCUT2D eigenvalue weighted by atomic mass is 16.5. The largest absolute Gasteiger partial charge is 0.373 e. The highest BCUT2D eigenvalue weighted by molar-refractivity contribution is 5.80. The lowest BCUT2D eigenvalue weighted by molar-refractivity contribution is -0.124. The van der Waals surface area contributed by atoms with Gasteiger partial charge in [0.15, 0.2) is 0 Å². The molecule has 3 nitrogen and oxygen atoms in total. The Balaban J connectivity index is 2.40. The average Bonchev–Trinajstić information content (AvgIpc) is 2.14. The molecule has 0 aromatic carbocycles. The normalized spacial score (nSPS) is 30.1. The third kappa shape index (κ3) is 3.92. The van der Waals surface area contributed by atoms with E-state index >= 15 is 0 Å².